The molecule has 1 aromatic heterocycles. The number of benzene rings is 1. The summed E-state index contributed by atoms with van der Waals surface area (Å²) in [5.41, 5.74) is 7.80. The lowest BCUT2D eigenvalue weighted by Gasteiger charge is -1.89. The van der Waals surface area contributed by atoms with Gasteiger partial charge in [-0.05, 0) is 18.2 Å². The van der Waals surface area contributed by atoms with Crippen LogP contribution in [0.15, 0.2) is 33.9 Å². The topological polar surface area (TPSA) is 69.1 Å². The molecular weight excluding hydrogens is 246 g/mol. The number of rotatable bonds is 1. The number of hydrogen-bond donors (Lipinski definition) is 2. The molecule has 0 aliphatic carbocycles. The summed E-state index contributed by atoms with van der Waals surface area (Å²) < 4.78 is 0.939. The molecule has 4 nitrogen and oxygen atoms in total. The van der Waals surface area contributed by atoms with Gasteiger partial charge in [-0.25, -0.2) is 5.53 Å². The van der Waals surface area contributed by atoms with Crippen molar-refractivity contribution in [3.63, 3.8) is 0 Å². The average Bonchev–Trinajstić information content (AvgIpc) is 2.59. The highest BCUT2D eigenvalue weighted by Gasteiger charge is 2.07. The first-order valence-corrected chi connectivity index (χ1v) is 4.70. The van der Waals surface area contributed by atoms with Gasteiger partial charge >= 0.3 is 5.91 Å². The average molecular weight is 252 g/mol. The van der Waals surface area contributed by atoms with Gasteiger partial charge in [0.2, 0.25) is 0 Å². The summed E-state index contributed by atoms with van der Waals surface area (Å²) >= 11 is 3.33. The van der Waals surface area contributed by atoms with E-state index >= 15 is 0 Å². The van der Waals surface area contributed by atoms with Crippen molar-refractivity contribution in [2.75, 3.05) is 0 Å². The molecule has 1 heterocycles. The highest BCUT2D eigenvalue weighted by Crippen LogP contribution is 2.20. The number of carbonyl (C=O) groups excluding carboxylic acids is 1. The molecule has 1 amide bonds. The predicted molar refractivity (Wildman–Crippen MR) is 55.5 cm³/mol. The summed E-state index contributed by atoms with van der Waals surface area (Å²) in [6.07, 6.45) is 0. The van der Waals surface area contributed by atoms with Crippen LogP contribution < -0.4 is 0 Å². The van der Waals surface area contributed by atoms with Gasteiger partial charge in [-0.2, -0.15) is 0 Å². The lowest BCUT2D eigenvalue weighted by Crippen LogP contribution is -1.91. The minimum absolute atomic E-state index is 0.341. The molecule has 2 aromatic rings. The van der Waals surface area contributed by atoms with Crippen molar-refractivity contribution in [2.45, 2.75) is 0 Å². The van der Waals surface area contributed by atoms with Crippen LogP contribution in [0.5, 0.6) is 0 Å². The Balaban J connectivity index is 2.62. The van der Waals surface area contributed by atoms with Crippen molar-refractivity contribution >= 4 is 32.7 Å². The molecule has 0 saturated heterocycles. The molecule has 70 valence electrons. The van der Waals surface area contributed by atoms with Crippen molar-refractivity contribution in [3.8, 4) is 0 Å². The van der Waals surface area contributed by atoms with E-state index in [0.29, 0.717) is 5.69 Å². The van der Waals surface area contributed by atoms with Gasteiger partial charge < -0.3 is 4.98 Å². The maximum Gasteiger partial charge on any atom is 0.311 e. The van der Waals surface area contributed by atoms with Gasteiger partial charge in [-0.1, -0.05) is 22.0 Å². The molecule has 0 bridgehead atoms. The molecule has 5 heteroatoms. The van der Waals surface area contributed by atoms with Crippen molar-refractivity contribution < 1.29 is 4.79 Å². The zero-order valence-corrected chi connectivity index (χ0v) is 8.63. The predicted octanol–water partition coefficient (Wildman–Crippen LogP) is 3.10. The SMILES string of the molecule is N=NC(=O)c1cc2ccc(Br)cc2[nH]1. The van der Waals surface area contributed by atoms with Crippen LogP contribution in [0.1, 0.15) is 10.5 Å². The summed E-state index contributed by atoms with van der Waals surface area (Å²) in [6, 6.07) is 7.33. The third kappa shape index (κ3) is 1.46. The van der Waals surface area contributed by atoms with E-state index in [1.54, 1.807) is 6.07 Å². The van der Waals surface area contributed by atoms with Gasteiger partial charge in [0.05, 0.1) is 0 Å². The Morgan fingerprint density at radius 3 is 2.93 bits per heavy atom. The zero-order chi connectivity index (χ0) is 10.1. The number of halogens is 1. The van der Waals surface area contributed by atoms with Crippen molar-refractivity contribution in [1.29, 1.82) is 5.53 Å². The van der Waals surface area contributed by atoms with Crippen molar-refractivity contribution in [1.82, 2.24) is 4.98 Å². The first kappa shape index (κ1) is 9.08. The van der Waals surface area contributed by atoms with E-state index in [4.69, 9.17) is 5.53 Å². The molecule has 0 aliphatic rings. The molecular formula is C9H6BrN3O. The maximum atomic E-state index is 11.1. The van der Waals surface area contributed by atoms with E-state index in [1.165, 1.54) is 0 Å². The number of fused-ring (bicyclic) bond motifs is 1. The van der Waals surface area contributed by atoms with Crippen LogP contribution in [0.2, 0.25) is 0 Å². The Hall–Kier alpha value is -1.49. The fraction of sp³-hybridized carbons (Fsp3) is 0. The quantitative estimate of drug-likeness (QED) is 0.752. The third-order valence-electron chi connectivity index (χ3n) is 1.92. The van der Waals surface area contributed by atoms with Crippen LogP contribution in [-0.4, -0.2) is 10.9 Å². The van der Waals surface area contributed by atoms with Crippen molar-refractivity contribution in [2.24, 2.45) is 5.11 Å². The van der Waals surface area contributed by atoms with Gasteiger partial charge in [0.1, 0.15) is 5.69 Å². The monoisotopic (exact) mass is 251 g/mol. The highest BCUT2D eigenvalue weighted by atomic mass is 79.9. The first-order chi connectivity index (χ1) is 6.70. The minimum atomic E-state index is -0.558. The molecule has 0 fully saturated rings. The standard InChI is InChI=1S/C9H6BrN3O/c10-6-2-1-5-3-8(9(14)13-11)12-7(5)4-6/h1-4,11-12H. The second-order valence-electron chi connectivity index (χ2n) is 2.83. The van der Waals surface area contributed by atoms with Crippen LogP contribution in [0, 0.1) is 5.53 Å². The fourth-order valence-electron chi connectivity index (χ4n) is 1.27. The summed E-state index contributed by atoms with van der Waals surface area (Å²) in [4.78, 5) is 14.0. The Labute approximate surface area is 88.0 Å². The van der Waals surface area contributed by atoms with E-state index in [2.05, 4.69) is 26.0 Å². The summed E-state index contributed by atoms with van der Waals surface area (Å²) in [5, 5.41) is 3.78. The molecule has 0 spiro atoms. The maximum absolute atomic E-state index is 11.1. The van der Waals surface area contributed by atoms with Crippen LogP contribution >= 0.6 is 15.9 Å². The zero-order valence-electron chi connectivity index (χ0n) is 7.04. The molecule has 0 aliphatic heterocycles. The van der Waals surface area contributed by atoms with E-state index in [9.17, 15) is 4.79 Å². The van der Waals surface area contributed by atoms with Crippen molar-refractivity contribution in [3.05, 3.63) is 34.4 Å². The minimum Gasteiger partial charge on any atom is -0.350 e. The second-order valence-corrected chi connectivity index (χ2v) is 3.75. The van der Waals surface area contributed by atoms with Crippen LogP contribution in [-0.2, 0) is 0 Å². The number of nitrogens with zero attached hydrogens (tertiary/aromatic N) is 1. The highest BCUT2D eigenvalue weighted by molar-refractivity contribution is 9.10. The van der Waals surface area contributed by atoms with E-state index < -0.39 is 5.91 Å². The van der Waals surface area contributed by atoms with Crippen LogP contribution in [0.3, 0.4) is 0 Å². The summed E-state index contributed by atoms with van der Waals surface area (Å²) in [6.45, 7) is 0. The van der Waals surface area contributed by atoms with Crippen LogP contribution in [0.4, 0.5) is 0 Å². The summed E-state index contributed by atoms with van der Waals surface area (Å²) in [5.74, 6) is -0.558. The van der Waals surface area contributed by atoms with E-state index in [1.807, 2.05) is 18.2 Å². The molecule has 0 unspecified atom stereocenters. The van der Waals surface area contributed by atoms with Gasteiger partial charge in [0.25, 0.3) is 0 Å². The van der Waals surface area contributed by atoms with E-state index in [-0.39, 0.29) is 0 Å². The molecule has 0 radical (unpaired) electrons. The Bertz CT molecular complexity index is 518. The number of H-pyrrole nitrogens is 1. The number of aromatic amines is 1. The smallest absolute Gasteiger partial charge is 0.311 e. The largest absolute Gasteiger partial charge is 0.350 e. The van der Waals surface area contributed by atoms with Gasteiger partial charge in [-0.3, -0.25) is 4.79 Å². The molecule has 2 N–H and O–H groups in total. The second kappa shape index (κ2) is 3.34. The lowest BCUT2D eigenvalue weighted by atomic mass is 10.2. The number of nitrogens with one attached hydrogen (secondary N) is 2. The van der Waals surface area contributed by atoms with Gasteiger partial charge in [-0.15, -0.1) is 5.11 Å². The number of amides is 1. The van der Waals surface area contributed by atoms with Crippen LogP contribution in [0.25, 0.3) is 10.9 Å². The van der Waals surface area contributed by atoms with Gasteiger partial charge in [0, 0.05) is 15.4 Å². The summed E-state index contributed by atoms with van der Waals surface area (Å²) in [7, 11) is 0. The molecule has 0 atom stereocenters. The lowest BCUT2D eigenvalue weighted by molar-refractivity contribution is 0.0987. The number of aromatic nitrogens is 1. The molecule has 1 aromatic carbocycles. The first-order valence-electron chi connectivity index (χ1n) is 3.91. The fourth-order valence-corrected chi connectivity index (χ4v) is 1.64. The molecule has 14 heavy (non-hydrogen) atoms. The van der Waals surface area contributed by atoms with Gasteiger partial charge in [0.15, 0.2) is 0 Å². The number of hydrogen-bond acceptors (Lipinski definition) is 2. The Morgan fingerprint density at radius 2 is 2.21 bits per heavy atom. The van der Waals surface area contributed by atoms with E-state index in [0.717, 1.165) is 15.4 Å². The number of carbonyl (C=O) groups is 1. The Kier molecular flexibility index (Phi) is 2.17. The normalized spacial score (nSPS) is 10.4. The third-order valence-corrected chi connectivity index (χ3v) is 2.41. The molecule has 2 rings (SSSR count). The Morgan fingerprint density at radius 1 is 1.43 bits per heavy atom. The molecule has 0 saturated carbocycles.